The predicted molar refractivity (Wildman–Crippen MR) is 90.8 cm³/mol. The molecule has 1 aromatic carbocycles. The van der Waals surface area contributed by atoms with Crippen LogP contribution in [0.2, 0.25) is 10.0 Å². The maximum Gasteiger partial charge on any atom is 0.321 e. The zero-order valence-electron chi connectivity index (χ0n) is 13.1. The number of urea groups is 1. The summed E-state index contributed by atoms with van der Waals surface area (Å²) in [7, 11) is 0. The topological polar surface area (TPSA) is 95.6 Å². The van der Waals surface area contributed by atoms with Gasteiger partial charge in [-0.25, -0.2) is 4.79 Å². The van der Waals surface area contributed by atoms with Crippen LogP contribution in [-0.4, -0.2) is 41.2 Å². The Hall–Kier alpha value is -2.12. The summed E-state index contributed by atoms with van der Waals surface area (Å²) in [4.78, 5) is 49.1. The van der Waals surface area contributed by atoms with E-state index in [0.29, 0.717) is 0 Å². The normalized spacial score (nSPS) is 17.0. The molecule has 2 N–H and O–H groups in total. The van der Waals surface area contributed by atoms with Crippen LogP contribution in [0.3, 0.4) is 0 Å². The number of imide groups is 2. The molecular weight excluding hydrogens is 369 g/mol. The highest BCUT2D eigenvalue weighted by molar-refractivity contribution is 6.43. The van der Waals surface area contributed by atoms with Gasteiger partial charge in [-0.2, -0.15) is 0 Å². The van der Waals surface area contributed by atoms with Crippen molar-refractivity contribution in [2.24, 2.45) is 0 Å². The third-order valence-electron chi connectivity index (χ3n) is 4.26. The Kier molecular flexibility index (Phi) is 4.96. The van der Waals surface area contributed by atoms with Crippen LogP contribution in [0.25, 0.3) is 0 Å². The van der Waals surface area contributed by atoms with Crippen molar-refractivity contribution in [2.45, 2.75) is 31.7 Å². The van der Waals surface area contributed by atoms with Crippen molar-refractivity contribution in [3.8, 4) is 0 Å². The fraction of sp³-hybridized carbons (Fsp3) is 0.375. The van der Waals surface area contributed by atoms with Gasteiger partial charge in [0.25, 0.3) is 11.8 Å². The fourth-order valence-electron chi connectivity index (χ4n) is 3.03. The van der Waals surface area contributed by atoms with E-state index in [1.165, 1.54) is 12.1 Å². The molecule has 5 amide bonds. The van der Waals surface area contributed by atoms with Crippen molar-refractivity contribution in [3.05, 3.63) is 33.3 Å². The number of halogens is 2. The molecule has 3 rings (SSSR count). The van der Waals surface area contributed by atoms with E-state index in [2.05, 4.69) is 10.6 Å². The summed E-state index contributed by atoms with van der Waals surface area (Å²) in [5, 5.41) is 5.12. The molecule has 1 heterocycles. The van der Waals surface area contributed by atoms with Gasteiger partial charge in [-0.1, -0.05) is 36.0 Å². The molecule has 0 atom stereocenters. The lowest BCUT2D eigenvalue weighted by molar-refractivity contribution is -0.120. The lowest BCUT2D eigenvalue weighted by Gasteiger charge is -2.15. The highest BCUT2D eigenvalue weighted by atomic mass is 35.5. The molecule has 2 aliphatic rings. The van der Waals surface area contributed by atoms with Crippen molar-refractivity contribution in [3.63, 3.8) is 0 Å². The monoisotopic (exact) mass is 383 g/mol. The molecule has 1 saturated carbocycles. The first-order valence-electron chi connectivity index (χ1n) is 7.82. The van der Waals surface area contributed by atoms with Crippen molar-refractivity contribution in [1.29, 1.82) is 0 Å². The van der Waals surface area contributed by atoms with Gasteiger partial charge in [0.15, 0.2) is 0 Å². The number of hydrogen-bond acceptors (Lipinski definition) is 4. The van der Waals surface area contributed by atoms with E-state index in [1.54, 1.807) is 0 Å². The van der Waals surface area contributed by atoms with Crippen LogP contribution in [0.1, 0.15) is 46.4 Å². The average molecular weight is 384 g/mol. The van der Waals surface area contributed by atoms with Gasteiger partial charge in [-0.15, -0.1) is 0 Å². The number of carbonyl (C=O) groups is 4. The molecule has 0 radical (unpaired) electrons. The minimum Gasteiger partial charge on any atom is -0.335 e. The molecule has 132 valence electrons. The van der Waals surface area contributed by atoms with Crippen LogP contribution in [-0.2, 0) is 4.79 Å². The Morgan fingerprint density at radius 1 is 1.04 bits per heavy atom. The SMILES string of the molecule is O=C(CN1C(=O)c2cc(Cl)c(Cl)cc2C1=O)NC(=O)NC1CCCC1. The average Bonchev–Trinajstić information content (AvgIpc) is 3.12. The van der Waals surface area contributed by atoms with Gasteiger partial charge >= 0.3 is 6.03 Å². The van der Waals surface area contributed by atoms with E-state index in [0.717, 1.165) is 30.6 Å². The molecule has 25 heavy (non-hydrogen) atoms. The molecule has 1 aliphatic carbocycles. The van der Waals surface area contributed by atoms with Gasteiger partial charge in [0, 0.05) is 6.04 Å². The van der Waals surface area contributed by atoms with Crippen LogP contribution < -0.4 is 10.6 Å². The quantitative estimate of drug-likeness (QED) is 0.783. The second-order valence-electron chi connectivity index (χ2n) is 6.01. The van der Waals surface area contributed by atoms with Crippen LogP contribution in [0, 0.1) is 0 Å². The third kappa shape index (κ3) is 3.62. The molecule has 7 nitrogen and oxygen atoms in total. The van der Waals surface area contributed by atoms with Gasteiger partial charge in [0.05, 0.1) is 21.2 Å². The Balaban J connectivity index is 1.63. The van der Waals surface area contributed by atoms with Crippen LogP contribution >= 0.6 is 23.2 Å². The maximum absolute atomic E-state index is 12.3. The molecule has 1 fully saturated rings. The van der Waals surface area contributed by atoms with Gasteiger partial charge in [0.2, 0.25) is 5.91 Å². The first kappa shape index (κ1) is 17.7. The first-order valence-corrected chi connectivity index (χ1v) is 8.58. The van der Waals surface area contributed by atoms with Crippen molar-refractivity contribution in [2.75, 3.05) is 6.54 Å². The Bertz CT molecular complexity index is 734. The number of rotatable bonds is 3. The first-order chi connectivity index (χ1) is 11.9. The van der Waals surface area contributed by atoms with Gasteiger partial charge in [-0.05, 0) is 25.0 Å². The molecule has 9 heteroatoms. The smallest absolute Gasteiger partial charge is 0.321 e. The largest absolute Gasteiger partial charge is 0.335 e. The highest BCUT2D eigenvalue weighted by Crippen LogP contribution is 2.31. The number of fused-ring (bicyclic) bond motifs is 1. The van der Waals surface area contributed by atoms with E-state index >= 15 is 0 Å². The zero-order valence-corrected chi connectivity index (χ0v) is 14.6. The number of carbonyl (C=O) groups excluding carboxylic acids is 4. The van der Waals surface area contributed by atoms with Gasteiger partial charge in [0.1, 0.15) is 6.54 Å². The Morgan fingerprint density at radius 3 is 2.08 bits per heavy atom. The summed E-state index contributed by atoms with van der Waals surface area (Å²) >= 11 is 11.7. The molecular formula is C16H15Cl2N3O4. The van der Waals surface area contributed by atoms with E-state index in [1.807, 2.05) is 0 Å². The molecule has 0 aromatic heterocycles. The predicted octanol–water partition coefficient (Wildman–Crippen LogP) is 2.36. The number of nitrogens with one attached hydrogen (secondary N) is 2. The summed E-state index contributed by atoms with van der Waals surface area (Å²) in [6.07, 6.45) is 3.83. The molecule has 1 aliphatic heterocycles. The number of benzene rings is 1. The van der Waals surface area contributed by atoms with Crippen LogP contribution in [0.4, 0.5) is 4.79 Å². The number of nitrogens with zero attached hydrogens (tertiary/aromatic N) is 1. The highest BCUT2D eigenvalue weighted by Gasteiger charge is 2.37. The molecule has 1 aromatic rings. The van der Waals surface area contributed by atoms with Gasteiger partial charge in [-0.3, -0.25) is 24.6 Å². The molecule has 0 bridgehead atoms. The summed E-state index contributed by atoms with van der Waals surface area (Å²) in [6, 6.07) is 2.02. The molecule has 0 spiro atoms. The minimum atomic E-state index is -0.748. The number of amides is 5. The fourth-order valence-corrected chi connectivity index (χ4v) is 3.36. The van der Waals surface area contributed by atoms with E-state index in [4.69, 9.17) is 23.2 Å². The molecule has 0 unspecified atom stereocenters. The van der Waals surface area contributed by atoms with E-state index in [9.17, 15) is 19.2 Å². The van der Waals surface area contributed by atoms with Crippen molar-refractivity contribution < 1.29 is 19.2 Å². The van der Waals surface area contributed by atoms with Crippen LogP contribution in [0.15, 0.2) is 12.1 Å². The second-order valence-corrected chi connectivity index (χ2v) is 6.83. The lowest BCUT2D eigenvalue weighted by atomic mass is 10.1. The summed E-state index contributed by atoms with van der Waals surface area (Å²) < 4.78 is 0. The second kappa shape index (κ2) is 7.01. The molecule has 0 saturated heterocycles. The maximum atomic E-state index is 12.3. The lowest BCUT2D eigenvalue weighted by Crippen LogP contribution is -2.48. The standard InChI is InChI=1S/C16H15Cl2N3O4/c17-11-5-9-10(6-12(11)18)15(24)21(14(9)23)7-13(22)20-16(25)19-8-3-1-2-4-8/h5-6,8H,1-4,7H2,(H2,19,20,22,25). The summed E-state index contributed by atoms with van der Waals surface area (Å²) in [6.45, 7) is -0.556. The Labute approximate surface area is 153 Å². The minimum absolute atomic E-state index is 0.0522. The number of hydrogen-bond donors (Lipinski definition) is 2. The summed E-state index contributed by atoms with van der Waals surface area (Å²) in [5.41, 5.74) is 0.171. The Morgan fingerprint density at radius 2 is 1.56 bits per heavy atom. The zero-order chi connectivity index (χ0) is 18.1. The van der Waals surface area contributed by atoms with Crippen molar-refractivity contribution in [1.82, 2.24) is 15.5 Å². The van der Waals surface area contributed by atoms with E-state index < -0.39 is 30.3 Å². The van der Waals surface area contributed by atoms with Crippen LogP contribution in [0.5, 0.6) is 0 Å². The third-order valence-corrected chi connectivity index (χ3v) is 4.98. The van der Waals surface area contributed by atoms with Gasteiger partial charge < -0.3 is 5.32 Å². The van der Waals surface area contributed by atoms with E-state index in [-0.39, 0.29) is 27.2 Å². The van der Waals surface area contributed by atoms with Crippen molar-refractivity contribution >= 4 is 47.0 Å². The summed E-state index contributed by atoms with van der Waals surface area (Å²) in [5.74, 6) is -2.04.